The van der Waals surface area contributed by atoms with Gasteiger partial charge in [0, 0.05) is 36.7 Å². The summed E-state index contributed by atoms with van der Waals surface area (Å²) in [6, 6.07) is 6.06. The highest BCUT2D eigenvalue weighted by atomic mass is 127. The number of hydrogen-bond donors (Lipinski definition) is 4. The normalized spacial score (nSPS) is 11.3. The van der Waals surface area contributed by atoms with Crippen molar-refractivity contribution in [3.8, 4) is 0 Å². The third-order valence-corrected chi connectivity index (χ3v) is 5.14. The highest BCUT2D eigenvalue weighted by Crippen LogP contribution is 2.20. The Morgan fingerprint density at radius 1 is 1.19 bits per heavy atom. The van der Waals surface area contributed by atoms with E-state index in [1.165, 1.54) is 12.1 Å². The maximum atomic E-state index is 11.3. The molecule has 2 aromatic heterocycles. The highest BCUT2D eigenvalue weighted by molar-refractivity contribution is 14.1. The second-order valence-electron chi connectivity index (χ2n) is 5.34. The molecule has 0 bridgehead atoms. The van der Waals surface area contributed by atoms with Crippen molar-refractivity contribution in [1.82, 2.24) is 19.9 Å². The van der Waals surface area contributed by atoms with E-state index in [-0.39, 0.29) is 4.90 Å². The van der Waals surface area contributed by atoms with E-state index in [0.717, 1.165) is 15.7 Å². The summed E-state index contributed by atoms with van der Waals surface area (Å²) < 4.78 is 23.5. The summed E-state index contributed by atoms with van der Waals surface area (Å²) in [4.78, 5) is 15.8. The first-order chi connectivity index (χ1) is 12.4. The van der Waals surface area contributed by atoms with Gasteiger partial charge in [-0.2, -0.15) is 4.98 Å². The number of rotatable bonds is 7. The summed E-state index contributed by atoms with van der Waals surface area (Å²) in [5, 5.41) is 11.4. The van der Waals surface area contributed by atoms with Gasteiger partial charge in [-0.3, -0.25) is 0 Å². The SMILES string of the molecule is NS(=O)(=O)c1ccc(Nc2ncc(I)c(NCCc3cnc[nH]3)n2)cc1. The van der Waals surface area contributed by atoms with Crippen LogP contribution in [-0.4, -0.2) is 34.9 Å². The monoisotopic (exact) mass is 485 g/mol. The lowest BCUT2D eigenvalue weighted by Gasteiger charge is -2.10. The van der Waals surface area contributed by atoms with Crippen molar-refractivity contribution < 1.29 is 8.42 Å². The minimum absolute atomic E-state index is 0.0488. The van der Waals surface area contributed by atoms with Crippen LogP contribution in [0.3, 0.4) is 0 Å². The quantitative estimate of drug-likeness (QED) is 0.375. The molecule has 0 saturated heterocycles. The Morgan fingerprint density at radius 3 is 2.62 bits per heavy atom. The number of halogens is 1. The summed E-state index contributed by atoms with van der Waals surface area (Å²) in [7, 11) is -3.71. The van der Waals surface area contributed by atoms with E-state index in [4.69, 9.17) is 5.14 Å². The third-order valence-electron chi connectivity index (χ3n) is 3.42. The van der Waals surface area contributed by atoms with Crippen molar-refractivity contribution in [2.24, 2.45) is 5.14 Å². The molecule has 136 valence electrons. The van der Waals surface area contributed by atoms with Gasteiger partial charge in [0.2, 0.25) is 16.0 Å². The Morgan fingerprint density at radius 2 is 1.96 bits per heavy atom. The fourth-order valence-electron chi connectivity index (χ4n) is 2.15. The lowest BCUT2D eigenvalue weighted by molar-refractivity contribution is 0.598. The Labute approximate surface area is 164 Å². The van der Waals surface area contributed by atoms with Crippen molar-refractivity contribution in [3.63, 3.8) is 0 Å². The minimum Gasteiger partial charge on any atom is -0.369 e. The number of nitrogens with zero attached hydrogens (tertiary/aromatic N) is 3. The van der Waals surface area contributed by atoms with Crippen LogP contribution in [0.5, 0.6) is 0 Å². The molecule has 0 aliphatic carbocycles. The molecular formula is C15H16IN7O2S. The molecular weight excluding hydrogens is 469 g/mol. The molecule has 0 spiro atoms. The van der Waals surface area contributed by atoms with E-state index in [1.807, 2.05) is 0 Å². The lowest BCUT2D eigenvalue weighted by Crippen LogP contribution is -2.12. The van der Waals surface area contributed by atoms with E-state index >= 15 is 0 Å². The van der Waals surface area contributed by atoms with Crippen LogP contribution in [0.25, 0.3) is 0 Å². The molecule has 11 heteroatoms. The maximum Gasteiger partial charge on any atom is 0.238 e. The highest BCUT2D eigenvalue weighted by Gasteiger charge is 2.08. The van der Waals surface area contributed by atoms with Crippen LogP contribution in [0, 0.1) is 3.57 Å². The fraction of sp³-hybridized carbons (Fsp3) is 0.133. The van der Waals surface area contributed by atoms with Crippen LogP contribution in [-0.2, 0) is 16.4 Å². The molecule has 0 aliphatic rings. The number of aromatic amines is 1. The first-order valence-corrected chi connectivity index (χ1v) is 10.2. The Bertz CT molecular complexity index is 976. The average molecular weight is 485 g/mol. The number of H-pyrrole nitrogens is 1. The Hall–Kier alpha value is -2.25. The summed E-state index contributed by atoms with van der Waals surface area (Å²) in [5.41, 5.74) is 1.69. The van der Waals surface area contributed by atoms with Gasteiger partial charge in [-0.05, 0) is 46.9 Å². The number of aromatic nitrogens is 4. The van der Waals surface area contributed by atoms with Crippen LogP contribution < -0.4 is 15.8 Å². The predicted octanol–water partition coefficient (Wildman–Crippen LogP) is 1.85. The first-order valence-electron chi connectivity index (χ1n) is 7.55. The second kappa shape index (κ2) is 7.97. The van der Waals surface area contributed by atoms with Gasteiger partial charge in [0.15, 0.2) is 0 Å². The van der Waals surface area contributed by atoms with Crippen molar-refractivity contribution in [3.05, 3.63) is 52.3 Å². The van der Waals surface area contributed by atoms with Gasteiger partial charge in [0.05, 0.1) is 14.8 Å². The third kappa shape index (κ3) is 4.89. The molecule has 0 atom stereocenters. The molecule has 0 saturated carbocycles. The van der Waals surface area contributed by atoms with Crippen molar-refractivity contribution in [2.75, 3.05) is 17.2 Å². The van der Waals surface area contributed by atoms with Gasteiger partial charge in [-0.25, -0.2) is 23.5 Å². The van der Waals surface area contributed by atoms with E-state index in [9.17, 15) is 8.42 Å². The topological polar surface area (TPSA) is 139 Å². The number of imidazole rings is 1. The van der Waals surface area contributed by atoms with Crippen LogP contribution in [0.2, 0.25) is 0 Å². The summed E-state index contributed by atoms with van der Waals surface area (Å²) in [6.07, 6.45) is 5.92. The molecule has 0 unspecified atom stereocenters. The maximum absolute atomic E-state index is 11.3. The summed E-state index contributed by atoms with van der Waals surface area (Å²) in [5.74, 6) is 1.11. The van der Waals surface area contributed by atoms with Crippen LogP contribution in [0.4, 0.5) is 17.5 Å². The van der Waals surface area contributed by atoms with E-state index in [1.54, 1.807) is 30.9 Å². The van der Waals surface area contributed by atoms with E-state index in [0.29, 0.717) is 24.0 Å². The molecule has 26 heavy (non-hydrogen) atoms. The molecule has 9 nitrogen and oxygen atoms in total. The predicted molar refractivity (Wildman–Crippen MR) is 107 cm³/mol. The van der Waals surface area contributed by atoms with Gasteiger partial charge < -0.3 is 15.6 Å². The average Bonchev–Trinajstić information content (AvgIpc) is 3.11. The molecule has 0 radical (unpaired) electrons. The zero-order chi connectivity index (χ0) is 18.6. The van der Waals surface area contributed by atoms with Gasteiger partial charge in [-0.1, -0.05) is 0 Å². The minimum atomic E-state index is -3.71. The molecule has 5 N–H and O–H groups in total. The largest absolute Gasteiger partial charge is 0.369 e. The molecule has 1 aromatic carbocycles. The van der Waals surface area contributed by atoms with Crippen molar-refractivity contribution in [2.45, 2.75) is 11.3 Å². The first kappa shape index (κ1) is 18.5. The molecule has 3 aromatic rings. The lowest BCUT2D eigenvalue weighted by atomic mass is 10.3. The van der Waals surface area contributed by atoms with E-state index in [2.05, 4.69) is 53.2 Å². The Kier molecular flexibility index (Phi) is 5.68. The molecule has 0 aliphatic heterocycles. The smallest absolute Gasteiger partial charge is 0.238 e. The van der Waals surface area contributed by atoms with Gasteiger partial charge in [-0.15, -0.1) is 0 Å². The van der Waals surface area contributed by atoms with Gasteiger partial charge >= 0.3 is 0 Å². The number of nitrogens with two attached hydrogens (primary N) is 1. The number of nitrogens with one attached hydrogen (secondary N) is 3. The van der Waals surface area contributed by atoms with Crippen molar-refractivity contribution >= 4 is 50.1 Å². The standard InChI is InChI=1S/C15H16IN7O2S/c16-13-8-20-15(22-10-1-3-12(4-2-10)26(17,24)25)23-14(13)19-6-5-11-7-18-9-21-11/h1-4,7-9H,5-6H2,(H,18,21)(H2,17,24,25)(H2,19,20,22,23). The van der Waals surface area contributed by atoms with Gasteiger partial charge in [0.25, 0.3) is 0 Å². The molecule has 0 amide bonds. The van der Waals surface area contributed by atoms with Crippen LogP contribution in [0.15, 0.2) is 47.9 Å². The Balaban J connectivity index is 1.66. The summed E-state index contributed by atoms with van der Waals surface area (Å²) in [6.45, 7) is 0.692. The van der Waals surface area contributed by atoms with Crippen LogP contribution >= 0.6 is 22.6 Å². The second-order valence-corrected chi connectivity index (χ2v) is 8.06. The molecule has 2 heterocycles. The number of anilines is 3. The number of benzene rings is 1. The molecule has 0 fully saturated rings. The van der Waals surface area contributed by atoms with Crippen molar-refractivity contribution in [1.29, 1.82) is 0 Å². The zero-order valence-corrected chi connectivity index (χ0v) is 16.5. The number of primary sulfonamides is 1. The fourth-order valence-corrected chi connectivity index (χ4v) is 3.11. The van der Waals surface area contributed by atoms with Gasteiger partial charge in [0.1, 0.15) is 5.82 Å². The summed E-state index contributed by atoms with van der Waals surface area (Å²) >= 11 is 2.16. The zero-order valence-electron chi connectivity index (χ0n) is 13.5. The number of hydrogen-bond acceptors (Lipinski definition) is 7. The molecule has 3 rings (SSSR count). The van der Waals surface area contributed by atoms with Crippen LogP contribution in [0.1, 0.15) is 5.69 Å². The van der Waals surface area contributed by atoms with E-state index < -0.39 is 10.0 Å². The number of sulfonamides is 1.